The van der Waals surface area contributed by atoms with Crippen molar-refractivity contribution in [1.82, 2.24) is 4.57 Å². The normalized spacial score (nSPS) is 11.1. The first-order chi connectivity index (χ1) is 9.18. The Balaban J connectivity index is 2.39. The molecular weight excluding hydrogens is 234 g/mol. The molecule has 2 heteroatoms. The summed E-state index contributed by atoms with van der Waals surface area (Å²) in [6.45, 7) is 5.03. The minimum atomic E-state index is 0.352. The van der Waals surface area contributed by atoms with Crippen molar-refractivity contribution < 1.29 is 5.11 Å². The second-order valence-electron chi connectivity index (χ2n) is 5.08. The number of hydrogen-bond acceptors (Lipinski definition) is 1. The average Bonchev–Trinajstić information content (AvgIpc) is 2.71. The standard InChI is InChI=1S/C17H17NO/c1-12(2)10-11-18-14-7-4-3-6-13(14)17-15(18)8-5-9-16(17)19/h3-10,19H,11H2,1-2H3. The van der Waals surface area contributed by atoms with E-state index in [4.69, 9.17) is 0 Å². The first-order valence-corrected chi connectivity index (χ1v) is 6.51. The number of benzene rings is 2. The van der Waals surface area contributed by atoms with Crippen LogP contribution in [0, 0.1) is 0 Å². The van der Waals surface area contributed by atoms with E-state index < -0.39 is 0 Å². The van der Waals surface area contributed by atoms with Crippen LogP contribution in [0.3, 0.4) is 0 Å². The van der Waals surface area contributed by atoms with Gasteiger partial charge in [0.25, 0.3) is 0 Å². The van der Waals surface area contributed by atoms with Gasteiger partial charge in [0, 0.05) is 22.8 Å². The quantitative estimate of drug-likeness (QED) is 0.668. The van der Waals surface area contributed by atoms with Crippen molar-refractivity contribution in [2.75, 3.05) is 0 Å². The van der Waals surface area contributed by atoms with Gasteiger partial charge in [-0.2, -0.15) is 0 Å². The maximum atomic E-state index is 10.1. The first kappa shape index (κ1) is 11.8. The van der Waals surface area contributed by atoms with E-state index in [0.717, 1.165) is 28.4 Å². The Morgan fingerprint density at radius 3 is 2.58 bits per heavy atom. The number of allylic oxidation sites excluding steroid dienone is 2. The molecule has 3 aromatic rings. The Kier molecular flexibility index (Phi) is 2.79. The van der Waals surface area contributed by atoms with Crippen molar-refractivity contribution in [2.24, 2.45) is 0 Å². The molecular formula is C17H17NO. The van der Waals surface area contributed by atoms with Crippen molar-refractivity contribution in [3.63, 3.8) is 0 Å². The van der Waals surface area contributed by atoms with Gasteiger partial charge in [-0.15, -0.1) is 0 Å². The monoisotopic (exact) mass is 251 g/mol. The average molecular weight is 251 g/mol. The molecule has 0 radical (unpaired) electrons. The number of aromatic hydroxyl groups is 1. The number of rotatable bonds is 2. The Morgan fingerprint density at radius 1 is 1.05 bits per heavy atom. The van der Waals surface area contributed by atoms with Crippen LogP contribution in [0.2, 0.25) is 0 Å². The molecule has 0 aliphatic rings. The van der Waals surface area contributed by atoms with E-state index in [2.05, 4.69) is 42.7 Å². The summed E-state index contributed by atoms with van der Waals surface area (Å²) >= 11 is 0. The highest BCUT2D eigenvalue weighted by atomic mass is 16.3. The maximum Gasteiger partial charge on any atom is 0.125 e. The van der Waals surface area contributed by atoms with E-state index in [1.54, 1.807) is 6.07 Å². The Morgan fingerprint density at radius 2 is 1.79 bits per heavy atom. The fourth-order valence-electron chi connectivity index (χ4n) is 2.55. The minimum absolute atomic E-state index is 0.352. The molecule has 0 atom stereocenters. The highest BCUT2D eigenvalue weighted by molar-refractivity contribution is 6.11. The zero-order chi connectivity index (χ0) is 13.4. The number of phenols is 1. The molecule has 3 rings (SSSR count). The van der Waals surface area contributed by atoms with Crippen molar-refractivity contribution in [1.29, 1.82) is 0 Å². The van der Waals surface area contributed by atoms with E-state index in [1.807, 2.05) is 18.2 Å². The molecule has 0 aliphatic carbocycles. The molecule has 2 nitrogen and oxygen atoms in total. The molecule has 0 bridgehead atoms. The van der Waals surface area contributed by atoms with E-state index in [-0.39, 0.29) is 0 Å². The number of hydrogen-bond donors (Lipinski definition) is 1. The molecule has 1 heterocycles. The second-order valence-corrected chi connectivity index (χ2v) is 5.08. The van der Waals surface area contributed by atoms with Gasteiger partial charge in [0.15, 0.2) is 0 Å². The van der Waals surface area contributed by atoms with E-state index in [9.17, 15) is 5.11 Å². The summed E-state index contributed by atoms with van der Waals surface area (Å²) in [6.07, 6.45) is 2.20. The van der Waals surface area contributed by atoms with Gasteiger partial charge in [-0.1, -0.05) is 35.9 Å². The minimum Gasteiger partial charge on any atom is -0.507 e. The van der Waals surface area contributed by atoms with Crippen molar-refractivity contribution >= 4 is 21.8 Å². The van der Waals surface area contributed by atoms with Gasteiger partial charge < -0.3 is 9.67 Å². The number of aromatic nitrogens is 1. The number of phenolic OH excluding ortho intramolecular Hbond substituents is 1. The SMILES string of the molecule is CC(C)=CCn1c2ccccc2c2c(O)cccc21. The molecule has 0 aliphatic heterocycles. The molecule has 96 valence electrons. The summed E-state index contributed by atoms with van der Waals surface area (Å²) in [5.74, 6) is 0.352. The predicted octanol–water partition coefficient (Wildman–Crippen LogP) is 4.47. The maximum absolute atomic E-state index is 10.1. The topological polar surface area (TPSA) is 25.2 Å². The zero-order valence-corrected chi connectivity index (χ0v) is 11.2. The Labute approximate surface area is 112 Å². The predicted molar refractivity (Wildman–Crippen MR) is 80.5 cm³/mol. The van der Waals surface area contributed by atoms with Gasteiger partial charge in [-0.05, 0) is 32.0 Å². The largest absolute Gasteiger partial charge is 0.507 e. The molecule has 0 amide bonds. The number of fused-ring (bicyclic) bond motifs is 3. The molecule has 0 spiro atoms. The van der Waals surface area contributed by atoms with Crippen LogP contribution in [0.5, 0.6) is 5.75 Å². The molecule has 0 unspecified atom stereocenters. The van der Waals surface area contributed by atoms with Crippen LogP contribution in [-0.2, 0) is 6.54 Å². The summed E-state index contributed by atoms with van der Waals surface area (Å²) < 4.78 is 2.25. The van der Waals surface area contributed by atoms with Gasteiger partial charge in [-0.25, -0.2) is 0 Å². The zero-order valence-electron chi connectivity index (χ0n) is 11.2. The van der Waals surface area contributed by atoms with Gasteiger partial charge in [-0.3, -0.25) is 0 Å². The van der Waals surface area contributed by atoms with Crippen LogP contribution < -0.4 is 0 Å². The van der Waals surface area contributed by atoms with E-state index >= 15 is 0 Å². The number of nitrogens with zero attached hydrogens (tertiary/aromatic N) is 1. The van der Waals surface area contributed by atoms with Crippen molar-refractivity contribution in [2.45, 2.75) is 20.4 Å². The third kappa shape index (κ3) is 1.89. The molecule has 0 saturated carbocycles. The Hall–Kier alpha value is -2.22. The van der Waals surface area contributed by atoms with Crippen molar-refractivity contribution in [3.05, 3.63) is 54.1 Å². The summed E-state index contributed by atoms with van der Waals surface area (Å²) in [7, 11) is 0. The molecule has 1 aromatic heterocycles. The summed E-state index contributed by atoms with van der Waals surface area (Å²) in [4.78, 5) is 0. The van der Waals surface area contributed by atoms with Crippen LogP contribution in [0.1, 0.15) is 13.8 Å². The third-order valence-electron chi connectivity index (χ3n) is 3.46. The lowest BCUT2D eigenvalue weighted by atomic mass is 10.1. The van der Waals surface area contributed by atoms with E-state index in [0.29, 0.717) is 5.75 Å². The van der Waals surface area contributed by atoms with Gasteiger partial charge >= 0.3 is 0 Å². The fraction of sp³-hybridized carbons (Fsp3) is 0.176. The first-order valence-electron chi connectivity index (χ1n) is 6.51. The van der Waals surface area contributed by atoms with Gasteiger partial charge in [0.05, 0.1) is 5.52 Å². The van der Waals surface area contributed by atoms with E-state index in [1.165, 1.54) is 5.57 Å². The molecule has 2 aromatic carbocycles. The summed E-state index contributed by atoms with van der Waals surface area (Å²) in [5.41, 5.74) is 3.54. The fourth-order valence-corrected chi connectivity index (χ4v) is 2.55. The lowest BCUT2D eigenvalue weighted by Crippen LogP contribution is -1.94. The van der Waals surface area contributed by atoms with Gasteiger partial charge in [0.2, 0.25) is 0 Å². The van der Waals surface area contributed by atoms with Crippen LogP contribution >= 0.6 is 0 Å². The molecule has 1 N–H and O–H groups in total. The van der Waals surface area contributed by atoms with Crippen molar-refractivity contribution in [3.8, 4) is 5.75 Å². The van der Waals surface area contributed by atoms with Crippen LogP contribution in [-0.4, -0.2) is 9.67 Å². The highest BCUT2D eigenvalue weighted by Gasteiger charge is 2.11. The van der Waals surface area contributed by atoms with Crippen LogP contribution in [0.25, 0.3) is 21.8 Å². The molecule has 0 fully saturated rings. The lowest BCUT2D eigenvalue weighted by molar-refractivity contribution is 0.482. The van der Waals surface area contributed by atoms with Crippen LogP contribution in [0.15, 0.2) is 54.1 Å². The third-order valence-corrected chi connectivity index (χ3v) is 3.46. The second kappa shape index (κ2) is 4.47. The van der Waals surface area contributed by atoms with Crippen LogP contribution in [0.4, 0.5) is 0 Å². The summed E-state index contributed by atoms with van der Waals surface area (Å²) in [6, 6.07) is 13.9. The summed E-state index contributed by atoms with van der Waals surface area (Å²) in [5, 5.41) is 12.2. The van der Waals surface area contributed by atoms with Gasteiger partial charge in [0.1, 0.15) is 5.75 Å². The lowest BCUT2D eigenvalue weighted by Gasteiger charge is -2.04. The smallest absolute Gasteiger partial charge is 0.125 e. The molecule has 19 heavy (non-hydrogen) atoms. The Bertz CT molecular complexity index is 776. The molecule has 0 saturated heterocycles. The number of para-hydroxylation sites is 1. The highest BCUT2D eigenvalue weighted by Crippen LogP contribution is 2.34.